The van der Waals surface area contributed by atoms with Crippen molar-refractivity contribution < 1.29 is 9.84 Å². The van der Waals surface area contributed by atoms with Crippen molar-refractivity contribution in [3.05, 3.63) is 24.3 Å². The first kappa shape index (κ1) is 7.88. The molecular weight excluding hydrogens is 142 g/mol. The highest BCUT2D eigenvalue weighted by atomic mass is 16.6. The van der Waals surface area contributed by atoms with Crippen LogP contribution in [-0.4, -0.2) is 18.3 Å². The summed E-state index contributed by atoms with van der Waals surface area (Å²) in [4.78, 5) is 0. The highest BCUT2D eigenvalue weighted by Crippen LogP contribution is 2.09. The molecule has 0 saturated carbocycles. The average Bonchev–Trinajstić information content (AvgIpc) is 2.80. The average molecular weight is 153 g/mol. The van der Waals surface area contributed by atoms with E-state index < -0.39 is 0 Å². The maximum atomic E-state index is 8.70. The Balaban J connectivity index is 0.000000167. The van der Waals surface area contributed by atoms with Crippen LogP contribution in [0.15, 0.2) is 24.3 Å². The Morgan fingerprint density at radius 1 is 1.18 bits per heavy atom. The predicted molar refractivity (Wildman–Crippen MR) is 43.3 cm³/mol. The van der Waals surface area contributed by atoms with E-state index in [4.69, 9.17) is 10.8 Å². The second-order valence-electron chi connectivity index (χ2n) is 2.20. The van der Waals surface area contributed by atoms with Crippen LogP contribution in [0.4, 0.5) is 5.69 Å². The number of phenols is 1. The fourth-order valence-corrected chi connectivity index (χ4v) is 0.474. The van der Waals surface area contributed by atoms with Gasteiger partial charge in [0.2, 0.25) is 0 Å². The fraction of sp³-hybridized carbons (Fsp3) is 0.250. The summed E-state index contributed by atoms with van der Waals surface area (Å²) in [5.41, 5.74) is 5.98. The molecule has 0 radical (unpaired) electrons. The molecule has 1 heterocycles. The lowest BCUT2D eigenvalue weighted by molar-refractivity contribution is 0.475. The number of aromatic hydroxyl groups is 1. The molecule has 0 aliphatic carbocycles. The van der Waals surface area contributed by atoms with Gasteiger partial charge in [0.15, 0.2) is 0 Å². The Labute approximate surface area is 65.4 Å². The molecule has 1 aromatic carbocycles. The van der Waals surface area contributed by atoms with Gasteiger partial charge in [0, 0.05) is 5.69 Å². The van der Waals surface area contributed by atoms with Crippen LogP contribution in [0.5, 0.6) is 5.75 Å². The van der Waals surface area contributed by atoms with E-state index in [-0.39, 0.29) is 5.75 Å². The number of nitrogens with two attached hydrogens (primary N) is 1. The predicted octanol–water partition coefficient (Wildman–Crippen LogP) is 0.991. The van der Waals surface area contributed by atoms with Crippen molar-refractivity contribution in [2.24, 2.45) is 0 Å². The van der Waals surface area contributed by atoms with Gasteiger partial charge in [-0.05, 0) is 24.3 Å². The van der Waals surface area contributed by atoms with Crippen LogP contribution >= 0.6 is 0 Å². The van der Waals surface area contributed by atoms with Gasteiger partial charge in [0.1, 0.15) is 5.75 Å². The maximum Gasteiger partial charge on any atom is 0.115 e. The SMILES string of the molecule is C1CO1.Nc1ccc(O)cc1. The number of epoxide rings is 1. The van der Waals surface area contributed by atoms with Crippen molar-refractivity contribution >= 4 is 5.69 Å². The van der Waals surface area contributed by atoms with Crippen LogP contribution in [0.1, 0.15) is 0 Å². The third-order valence-corrected chi connectivity index (χ3v) is 1.10. The molecule has 0 amide bonds. The number of hydrogen-bond donors (Lipinski definition) is 2. The third-order valence-electron chi connectivity index (χ3n) is 1.10. The van der Waals surface area contributed by atoms with Gasteiger partial charge in [-0.1, -0.05) is 0 Å². The molecule has 3 N–H and O–H groups in total. The van der Waals surface area contributed by atoms with E-state index in [1.54, 1.807) is 24.3 Å². The number of nitrogen functional groups attached to an aromatic ring is 1. The van der Waals surface area contributed by atoms with Crippen LogP contribution in [0.3, 0.4) is 0 Å². The minimum atomic E-state index is 0.249. The van der Waals surface area contributed by atoms with Crippen LogP contribution in [0.2, 0.25) is 0 Å². The van der Waals surface area contributed by atoms with Crippen molar-refractivity contribution in [2.45, 2.75) is 0 Å². The molecule has 0 aromatic heterocycles. The Bertz CT molecular complexity index is 182. The van der Waals surface area contributed by atoms with E-state index in [1.807, 2.05) is 0 Å². The molecule has 1 aliphatic rings. The Morgan fingerprint density at radius 3 is 1.91 bits per heavy atom. The Hall–Kier alpha value is -1.22. The normalized spacial score (nSPS) is 13.1. The first-order chi connectivity index (χ1) is 5.29. The molecule has 1 saturated heterocycles. The zero-order valence-corrected chi connectivity index (χ0v) is 6.16. The Kier molecular flexibility index (Phi) is 2.74. The summed E-state index contributed by atoms with van der Waals surface area (Å²) < 4.78 is 4.50. The molecule has 60 valence electrons. The lowest BCUT2D eigenvalue weighted by Crippen LogP contribution is -1.80. The first-order valence-electron chi connectivity index (χ1n) is 3.41. The molecule has 1 aromatic rings. The quantitative estimate of drug-likeness (QED) is 0.332. The van der Waals surface area contributed by atoms with Crippen LogP contribution in [0, 0.1) is 0 Å². The molecule has 3 heteroatoms. The van der Waals surface area contributed by atoms with Crippen molar-refractivity contribution in [1.29, 1.82) is 0 Å². The minimum Gasteiger partial charge on any atom is -0.508 e. The van der Waals surface area contributed by atoms with E-state index in [9.17, 15) is 0 Å². The van der Waals surface area contributed by atoms with Crippen LogP contribution in [0.25, 0.3) is 0 Å². The second kappa shape index (κ2) is 3.83. The van der Waals surface area contributed by atoms with E-state index in [0.29, 0.717) is 5.69 Å². The van der Waals surface area contributed by atoms with Crippen LogP contribution in [-0.2, 0) is 4.74 Å². The van der Waals surface area contributed by atoms with E-state index in [0.717, 1.165) is 13.2 Å². The number of anilines is 1. The molecule has 2 rings (SSSR count). The molecule has 0 atom stereocenters. The monoisotopic (exact) mass is 153 g/mol. The molecule has 3 nitrogen and oxygen atoms in total. The summed E-state index contributed by atoms with van der Waals surface area (Å²) >= 11 is 0. The summed E-state index contributed by atoms with van der Waals surface area (Å²) in [5.74, 6) is 0.249. The molecule has 0 spiro atoms. The van der Waals surface area contributed by atoms with Crippen molar-refractivity contribution in [3.63, 3.8) is 0 Å². The number of benzene rings is 1. The summed E-state index contributed by atoms with van der Waals surface area (Å²) in [6, 6.07) is 6.40. The lowest BCUT2D eigenvalue weighted by atomic mass is 10.3. The third kappa shape index (κ3) is 4.22. The summed E-state index contributed by atoms with van der Waals surface area (Å²) in [6.07, 6.45) is 0. The summed E-state index contributed by atoms with van der Waals surface area (Å²) in [5, 5.41) is 8.70. The minimum absolute atomic E-state index is 0.249. The zero-order chi connectivity index (χ0) is 8.10. The standard InChI is InChI=1S/C6H7NO.C2H4O/c7-5-1-3-6(8)4-2-5;1-2-3-1/h1-4,8H,7H2;1-2H2. The van der Waals surface area contributed by atoms with Crippen molar-refractivity contribution in [2.75, 3.05) is 18.9 Å². The van der Waals surface area contributed by atoms with Gasteiger partial charge in [0.25, 0.3) is 0 Å². The number of ether oxygens (including phenoxy) is 1. The fourth-order valence-electron chi connectivity index (χ4n) is 0.474. The maximum absolute atomic E-state index is 8.70. The molecule has 1 aliphatic heterocycles. The largest absolute Gasteiger partial charge is 0.508 e. The van der Waals surface area contributed by atoms with Gasteiger partial charge in [-0.3, -0.25) is 0 Å². The Morgan fingerprint density at radius 2 is 1.64 bits per heavy atom. The zero-order valence-electron chi connectivity index (χ0n) is 6.16. The topological polar surface area (TPSA) is 58.8 Å². The van der Waals surface area contributed by atoms with Gasteiger partial charge >= 0.3 is 0 Å². The summed E-state index contributed by atoms with van der Waals surface area (Å²) in [6.45, 7) is 2.00. The smallest absolute Gasteiger partial charge is 0.115 e. The van der Waals surface area contributed by atoms with Crippen molar-refractivity contribution in [1.82, 2.24) is 0 Å². The highest BCUT2D eigenvalue weighted by Gasteiger charge is 1.94. The van der Waals surface area contributed by atoms with Gasteiger partial charge in [-0.25, -0.2) is 0 Å². The number of rotatable bonds is 0. The van der Waals surface area contributed by atoms with Gasteiger partial charge in [-0.15, -0.1) is 0 Å². The molecule has 0 unspecified atom stereocenters. The highest BCUT2D eigenvalue weighted by molar-refractivity contribution is 5.40. The van der Waals surface area contributed by atoms with E-state index >= 15 is 0 Å². The van der Waals surface area contributed by atoms with Gasteiger partial charge < -0.3 is 15.6 Å². The first-order valence-corrected chi connectivity index (χ1v) is 3.41. The lowest BCUT2D eigenvalue weighted by Gasteiger charge is -1.89. The van der Waals surface area contributed by atoms with Gasteiger partial charge in [0.05, 0.1) is 13.2 Å². The van der Waals surface area contributed by atoms with Crippen LogP contribution < -0.4 is 5.73 Å². The van der Waals surface area contributed by atoms with Gasteiger partial charge in [-0.2, -0.15) is 0 Å². The summed E-state index contributed by atoms with van der Waals surface area (Å²) in [7, 11) is 0. The number of phenolic OH excluding ortho intramolecular Hbond substituents is 1. The second-order valence-corrected chi connectivity index (χ2v) is 2.20. The molecule has 0 bridgehead atoms. The molecule has 11 heavy (non-hydrogen) atoms. The molecule has 1 fully saturated rings. The molecular formula is C8H11NO2. The van der Waals surface area contributed by atoms with Crippen molar-refractivity contribution in [3.8, 4) is 5.75 Å². The van der Waals surface area contributed by atoms with E-state index in [2.05, 4.69) is 4.74 Å². The number of hydrogen-bond acceptors (Lipinski definition) is 3. The van der Waals surface area contributed by atoms with E-state index in [1.165, 1.54) is 0 Å².